The number of fused-ring (bicyclic) bond motifs is 1. The third-order valence-electron chi connectivity index (χ3n) is 5.75. The minimum absolute atomic E-state index is 0.608. The van der Waals surface area contributed by atoms with Crippen LogP contribution in [0.25, 0.3) is 0 Å². The summed E-state index contributed by atoms with van der Waals surface area (Å²) in [6.45, 7) is 7.45. The molecule has 0 saturated heterocycles. The highest BCUT2D eigenvalue weighted by atomic mass is 14.5. The van der Waals surface area contributed by atoms with Crippen molar-refractivity contribution in [2.24, 2.45) is 23.2 Å². The van der Waals surface area contributed by atoms with E-state index in [1.54, 1.807) is 19.3 Å². The highest BCUT2D eigenvalue weighted by Gasteiger charge is 2.41. The van der Waals surface area contributed by atoms with Gasteiger partial charge in [-0.1, -0.05) is 65.7 Å². The summed E-state index contributed by atoms with van der Waals surface area (Å²) in [5.41, 5.74) is 0.608. The Bertz CT molecular complexity index is 226. The van der Waals surface area contributed by atoms with Gasteiger partial charge in [0.1, 0.15) is 0 Å². The second-order valence-electron chi connectivity index (χ2n) is 7.34. The van der Waals surface area contributed by atoms with Crippen LogP contribution in [0.15, 0.2) is 0 Å². The highest BCUT2D eigenvalue weighted by Crippen LogP contribution is 2.51. The van der Waals surface area contributed by atoms with E-state index in [0.29, 0.717) is 5.41 Å². The largest absolute Gasteiger partial charge is 0.0654 e. The van der Waals surface area contributed by atoms with Crippen LogP contribution < -0.4 is 0 Å². The van der Waals surface area contributed by atoms with Crippen molar-refractivity contribution in [1.29, 1.82) is 0 Å². The van der Waals surface area contributed by atoms with Gasteiger partial charge in [0, 0.05) is 0 Å². The predicted octanol–water partition coefficient (Wildman–Crippen LogP) is 5.81. The summed E-state index contributed by atoms with van der Waals surface area (Å²) in [6, 6.07) is 0. The summed E-state index contributed by atoms with van der Waals surface area (Å²) in [7, 11) is 0. The van der Waals surface area contributed by atoms with Crippen molar-refractivity contribution >= 4 is 0 Å². The number of hydrogen-bond acceptors (Lipinski definition) is 0. The van der Waals surface area contributed by atoms with Gasteiger partial charge in [-0.25, -0.2) is 0 Å². The fourth-order valence-electron chi connectivity index (χ4n) is 4.73. The summed E-state index contributed by atoms with van der Waals surface area (Å²) >= 11 is 0. The van der Waals surface area contributed by atoms with E-state index in [2.05, 4.69) is 20.8 Å². The maximum absolute atomic E-state index is 2.56. The van der Waals surface area contributed by atoms with Crippen LogP contribution in [0.5, 0.6) is 0 Å². The van der Waals surface area contributed by atoms with Crippen molar-refractivity contribution in [3.8, 4) is 0 Å². The molecule has 2 rings (SSSR count). The third kappa shape index (κ3) is 3.06. The molecule has 0 aromatic carbocycles. The maximum Gasteiger partial charge on any atom is -0.0323 e. The molecule has 0 radical (unpaired) electrons. The average Bonchev–Trinajstić information content (AvgIpc) is 2.36. The van der Waals surface area contributed by atoms with Crippen LogP contribution in [0.2, 0.25) is 0 Å². The van der Waals surface area contributed by atoms with E-state index in [1.807, 2.05) is 0 Å². The van der Waals surface area contributed by atoms with Crippen LogP contribution >= 0.6 is 0 Å². The lowest BCUT2D eigenvalue weighted by molar-refractivity contribution is 0.0181. The Morgan fingerprint density at radius 2 is 1.65 bits per heavy atom. The molecule has 0 bridgehead atoms. The van der Waals surface area contributed by atoms with Crippen molar-refractivity contribution < 1.29 is 0 Å². The first-order valence-electron chi connectivity index (χ1n) is 8.15. The van der Waals surface area contributed by atoms with Gasteiger partial charge in [-0.2, -0.15) is 0 Å². The van der Waals surface area contributed by atoms with Gasteiger partial charge >= 0.3 is 0 Å². The van der Waals surface area contributed by atoms with E-state index in [-0.39, 0.29) is 0 Å². The Morgan fingerprint density at radius 3 is 2.41 bits per heavy atom. The lowest BCUT2D eigenvalue weighted by atomic mass is 9.57. The molecule has 2 fully saturated rings. The minimum Gasteiger partial charge on any atom is -0.0654 e. The van der Waals surface area contributed by atoms with Crippen molar-refractivity contribution in [3.63, 3.8) is 0 Å². The molecule has 0 aromatic rings. The Kier molecular flexibility index (Phi) is 4.55. The predicted molar refractivity (Wildman–Crippen MR) is 76.1 cm³/mol. The number of hydrogen-bond donors (Lipinski definition) is 0. The molecule has 17 heavy (non-hydrogen) atoms. The molecule has 2 aliphatic rings. The fourth-order valence-corrected chi connectivity index (χ4v) is 4.73. The fraction of sp³-hybridized carbons (Fsp3) is 1.00. The van der Waals surface area contributed by atoms with Gasteiger partial charge in [0.05, 0.1) is 0 Å². The molecule has 0 amide bonds. The zero-order valence-electron chi connectivity index (χ0n) is 12.3. The van der Waals surface area contributed by atoms with Gasteiger partial charge in [-0.05, 0) is 42.4 Å². The smallest absolute Gasteiger partial charge is 0.0323 e. The molecule has 0 aromatic heterocycles. The average molecular weight is 236 g/mol. The van der Waals surface area contributed by atoms with Crippen LogP contribution in [0, 0.1) is 23.2 Å². The van der Waals surface area contributed by atoms with E-state index in [4.69, 9.17) is 0 Å². The van der Waals surface area contributed by atoms with Gasteiger partial charge in [-0.15, -0.1) is 0 Å². The minimum atomic E-state index is 0.608. The number of unbranched alkanes of at least 4 members (excludes halogenated alkanes) is 1. The van der Waals surface area contributed by atoms with E-state index >= 15 is 0 Å². The number of rotatable bonds is 4. The molecule has 0 spiro atoms. The molecule has 3 atom stereocenters. The molecular formula is C17H32. The van der Waals surface area contributed by atoms with Gasteiger partial charge in [0.15, 0.2) is 0 Å². The monoisotopic (exact) mass is 236 g/mol. The second kappa shape index (κ2) is 5.76. The molecule has 100 valence electrons. The Morgan fingerprint density at radius 1 is 0.941 bits per heavy atom. The molecule has 3 unspecified atom stereocenters. The van der Waals surface area contributed by atoms with Crippen LogP contribution in [-0.4, -0.2) is 0 Å². The van der Waals surface area contributed by atoms with Crippen LogP contribution in [0.4, 0.5) is 0 Å². The van der Waals surface area contributed by atoms with Crippen LogP contribution in [0.3, 0.4) is 0 Å². The molecule has 0 heteroatoms. The zero-order chi connectivity index (χ0) is 12.3. The standard InChI is InChI=1S/C17H32/c1-4-5-13-17(2,3)16-12-8-10-14-9-6-7-11-15(14)16/h14-16H,4-13H2,1-3H3. The zero-order valence-corrected chi connectivity index (χ0v) is 12.3. The van der Waals surface area contributed by atoms with Crippen molar-refractivity contribution in [3.05, 3.63) is 0 Å². The second-order valence-corrected chi connectivity index (χ2v) is 7.34. The van der Waals surface area contributed by atoms with Crippen LogP contribution in [0.1, 0.15) is 85.0 Å². The first-order chi connectivity index (χ1) is 8.15. The summed E-state index contributed by atoms with van der Waals surface area (Å²) in [4.78, 5) is 0. The Labute approximate surface area is 109 Å². The quantitative estimate of drug-likeness (QED) is 0.578. The summed E-state index contributed by atoms with van der Waals surface area (Å²) in [5, 5.41) is 0. The molecule has 0 nitrogen and oxygen atoms in total. The normalized spacial score (nSPS) is 34.4. The topological polar surface area (TPSA) is 0 Å². The van der Waals surface area contributed by atoms with Gasteiger partial charge in [0.2, 0.25) is 0 Å². The molecule has 0 N–H and O–H groups in total. The lowest BCUT2D eigenvalue weighted by Gasteiger charge is -2.48. The Balaban J connectivity index is 2.01. The maximum atomic E-state index is 2.56. The Hall–Kier alpha value is 0. The van der Waals surface area contributed by atoms with Crippen molar-refractivity contribution in [2.45, 2.75) is 85.0 Å². The molecule has 2 saturated carbocycles. The summed E-state index contributed by atoms with van der Waals surface area (Å²) in [6.07, 6.45) is 15.0. The SMILES string of the molecule is CCCCC(C)(C)C1CCCC2CCCCC21. The van der Waals surface area contributed by atoms with E-state index in [1.165, 1.54) is 44.9 Å². The summed E-state index contributed by atoms with van der Waals surface area (Å²) in [5.74, 6) is 3.22. The molecule has 2 aliphatic carbocycles. The summed E-state index contributed by atoms with van der Waals surface area (Å²) < 4.78 is 0. The molecule has 0 heterocycles. The molecule has 0 aliphatic heterocycles. The van der Waals surface area contributed by atoms with E-state index in [0.717, 1.165) is 17.8 Å². The van der Waals surface area contributed by atoms with Crippen LogP contribution in [-0.2, 0) is 0 Å². The first kappa shape index (κ1) is 13.4. The van der Waals surface area contributed by atoms with Gasteiger partial charge in [-0.3, -0.25) is 0 Å². The first-order valence-corrected chi connectivity index (χ1v) is 8.15. The van der Waals surface area contributed by atoms with Gasteiger partial charge < -0.3 is 0 Å². The van der Waals surface area contributed by atoms with Crippen molar-refractivity contribution in [2.75, 3.05) is 0 Å². The van der Waals surface area contributed by atoms with Gasteiger partial charge in [0.25, 0.3) is 0 Å². The van der Waals surface area contributed by atoms with Crippen molar-refractivity contribution in [1.82, 2.24) is 0 Å². The van der Waals surface area contributed by atoms with E-state index < -0.39 is 0 Å². The third-order valence-corrected chi connectivity index (χ3v) is 5.75. The highest BCUT2D eigenvalue weighted by molar-refractivity contribution is 4.91. The lowest BCUT2D eigenvalue weighted by Crippen LogP contribution is -2.39. The molecular weight excluding hydrogens is 204 g/mol. The van der Waals surface area contributed by atoms with E-state index in [9.17, 15) is 0 Å².